The van der Waals surface area contributed by atoms with Crippen molar-refractivity contribution in [3.63, 3.8) is 0 Å². The highest BCUT2D eigenvalue weighted by Crippen LogP contribution is 2.17. The van der Waals surface area contributed by atoms with Gasteiger partial charge in [-0.25, -0.2) is 23.5 Å². The first-order valence-electron chi connectivity index (χ1n) is 7.80. The zero-order valence-corrected chi connectivity index (χ0v) is 15.3. The number of carbonyl (C=O) groups excluding carboxylic acids is 1. The number of hydrogen-bond donors (Lipinski definition) is 2. The van der Waals surface area contributed by atoms with Gasteiger partial charge in [-0.3, -0.25) is 4.79 Å². The number of benzene rings is 1. The van der Waals surface area contributed by atoms with E-state index >= 15 is 0 Å². The van der Waals surface area contributed by atoms with E-state index in [1.165, 1.54) is 24.5 Å². The van der Waals surface area contributed by atoms with Gasteiger partial charge in [-0.2, -0.15) is 0 Å². The van der Waals surface area contributed by atoms with Gasteiger partial charge in [0.1, 0.15) is 5.82 Å². The summed E-state index contributed by atoms with van der Waals surface area (Å²) >= 11 is 0. The molecule has 0 aliphatic carbocycles. The van der Waals surface area contributed by atoms with E-state index < -0.39 is 10.0 Å². The highest BCUT2D eigenvalue weighted by molar-refractivity contribution is 7.89. The molecule has 1 amide bonds. The minimum Gasteiger partial charge on any atom is -0.352 e. The first kappa shape index (κ1) is 19.0. The number of primary sulfonamides is 1. The summed E-state index contributed by atoms with van der Waals surface area (Å²) < 4.78 is 22.4. The minimum atomic E-state index is -3.69. The van der Waals surface area contributed by atoms with Gasteiger partial charge < -0.3 is 5.32 Å². The van der Waals surface area contributed by atoms with Crippen LogP contribution >= 0.6 is 0 Å². The summed E-state index contributed by atoms with van der Waals surface area (Å²) in [6, 6.07) is 6.25. The van der Waals surface area contributed by atoms with Gasteiger partial charge in [0, 0.05) is 24.4 Å². The maximum atomic E-state index is 12.1. The van der Waals surface area contributed by atoms with Crippen molar-refractivity contribution in [1.29, 1.82) is 0 Å². The number of hydrogen-bond acceptors (Lipinski definition) is 5. The third kappa shape index (κ3) is 5.33. The number of amides is 1. The van der Waals surface area contributed by atoms with Gasteiger partial charge in [0.05, 0.1) is 10.5 Å². The summed E-state index contributed by atoms with van der Waals surface area (Å²) in [4.78, 5) is 20.6. The number of nitrogens with one attached hydrogen (secondary N) is 1. The molecule has 0 aliphatic heterocycles. The van der Waals surface area contributed by atoms with E-state index in [0.29, 0.717) is 24.4 Å². The molecule has 0 aliphatic rings. The van der Waals surface area contributed by atoms with Crippen LogP contribution in [0, 0.1) is 0 Å². The molecular formula is C17H22N4O3S. The molecule has 0 atom stereocenters. The van der Waals surface area contributed by atoms with Crippen molar-refractivity contribution < 1.29 is 13.2 Å². The Labute approximate surface area is 147 Å². The van der Waals surface area contributed by atoms with Crippen LogP contribution in [0.5, 0.6) is 0 Å². The standard InChI is InChI=1S/C17H22N4O3S/c1-17(2,3)16-20-10-13(11-21-16)15(22)19-9-8-12-4-6-14(7-5-12)25(18,23)24/h4-7,10-11H,8-9H2,1-3H3,(H,19,22)(H2,18,23,24). The van der Waals surface area contributed by atoms with E-state index in [1.54, 1.807) is 12.1 Å². The van der Waals surface area contributed by atoms with Crippen LogP contribution in [0.4, 0.5) is 0 Å². The lowest BCUT2D eigenvalue weighted by atomic mass is 9.96. The Morgan fingerprint density at radius 3 is 2.16 bits per heavy atom. The lowest BCUT2D eigenvalue weighted by molar-refractivity contribution is 0.0953. The second-order valence-corrected chi connectivity index (χ2v) is 8.30. The third-order valence-electron chi connectivity index (χ3n) is 3.54. The fourth-order valence-corrected chi connectivity index (χ4v) is 2.62. The molecule has 0 saturated heterocycles. The van der Waals surface area contributed by atoms with Crippen LogP contribution in [0.15, 0.2) is 41.6 Å². The first-order valence-corrected chi connectivity index (χ1v) is 9.34. The Hall–Kier alpha value is -2.32. The van der Waals surface area contributed by atoms with Crippen LogP contribution in [-0.4, -0.2) is 30.8 Å². The normalized spacial score (nSPS) is 12.0. The molecule has 0 bridgehead atoms. The maximum absolute atomic E-state index is 12.1. The summed E-state index contributed by atoms with van der Waals surface area (Å²) in [5.74, 6) is 0.431. The van der Waals surface area contributed by atoms with Crippen molar-refractivity contribution in [2.24, 2.45) is 5.14 Å². The average molecular weight is 362 g/mol. The predicted octanol–water partition coefficient (Wildman–Crippen LogP) is 1.39. The largest absolute Gasteiger partial charge is 0.352 e. The van der Waals surface area contributed by atoms with Crippen molar-refractivity contribution in [3.8, 4) is 0 Å². The number of aromatic nitrogens is 2. The summed E-state index contributed by atoms with van der Waals surface area (Å²) in [6.45, 7) is 6.42. The van der Waals surface area contributed by atoms with Gasteiger partial charge >= 0.3 is 0 Å². The molecule has 0 spiro atoms. The molecule has 1 aromatic carbocycles. The lowest BCUT2D eigenvalue weighted by Gasteiger charge is -2.15. The van der Waals surface area contributed by atoms with Crippen LogP contribution in [0.3, 0.4) is 0 Å². The lowest BCUT2D eigenvalue weighted by Crippen LogP contribution is -2.26. The van der Waals surface area contributed by atoms with E-state index in [1.807, 2.05) is 20.8 Å². The second-order valence-electron chi connectivity index (χ2n) is 6.74. The molecule has 7 nitrogen and oxygen atoms in total. The molecule has 0 radical (unpaired) electrons. The van der Waals surface area contributed by atoms with Gasteiger partial charge in [-0.15, -0.1) is 0 Å². The van der Waals surface area contributed by atoms with Crippen molar-refractivity contribution in [2.45, 2.75) is 37.5 Å². The summed E-state index contributed by atoms with van der Waals surface area (Å²) in [5.41, 5.74) is 1.13. The summed E-state index contributed by atoms with van der Waals surface area (Å²) in [6.07, 6.45) is 3.60. The molecular weight excluding hydrogens is 340 g/mol. The van der Waals surface area contributed by atoms with Crippen LogP contribution in [0.2, 0.25) is 0 Å². The molecule has 8 heteroatoms. The van der Waals surface area contributed by atoms with E-state index in [-0.39, 0.29) is 16.2 Å². The molecule has 2 rings (SSSR count). The quantitative estimate of drug-likeness (QED) is 0.834. The molecule has 1 heterocycles. The van der Waals surface area contributed by atoms with Crippen LogP contribution in [0.1, 0.15) is 42.5 Å². The highest BCUT2D eigenvalue weighted by Gasteiger charge is 2.17. The zero-order valence-electron chi connectivity index (χ0n) is 14.5. The molecule has 0 unspecified atom stereocenters. The topological polar surface area (TPSA) is 115 Å². The average Bonchev–Trinajstić information content (AvgIpc) is 2.54. The van der Waals surface area contributed by atoms with Gasteiger partial charge in [0.15, 0.2) is 0 Å². The minimum absolute atomic E-state index is 0.0661. The summed E-state index contributed by atoms with van der Waals surface area (Å²) in [5, 5.41) is 7.84. The van der Waals surface area contributed by atoms with Crippen LogP contribution in [0.25, 0.3) is 0 Å². The van der Waals surface area contributed by atoms with Crippen molar-refractivity contribution in [3.05, 3.63) is 53.6 Å². The van der Waals surface area contributed by atoms with E-state index in [4.69, 9.17) is 5.14 Å². The Balaban J connectivity index is 1.90. The third-order valence-corrected chi connectivity index (χ3v) is 4.47. The number of rotatable bonds is 5. The van der Waals surface area contributed by atoms with Gasteiger partial charge in [0.25, 0.3) is 5.91 Å². The zero-order chi connectivity index (χ0) is 18.7. The fourth-order valence-electron chi connectivity index (χ4n) is 2.10. The van der Waals surface area contributed by atoms with Gasteiger partial charge in [-0.05, 0) is 24.1 Å². The molecule has 1 aromatic heterocycles. The first-order chi connectivity index (χ1) is 11.6. The van der Waals surface area contributed by atoms with E-state index in [0.717, 1.165) is 5.56 Å². The van der Waals surface area contributed by atoms with Gasteiger partial charge in [-0.1, -0.05) is 32.9 Å². The van der Waals surface area contributed by atoms with Crippen molar-refractivity contribution >= 4 is 15.9 Å². The Bertz CT molecular complexity index is 839. The highest BCUT2D eigenvalue weighted by atomic mass is 32.2. The number of carbonyl (C=O) groups is 1. The van der Waals surface area contributed by atoms with E-state index in [9.17, 15) is 13.2 Å². The molecule has 3 N–H and O–H groups in total. The number of sulfonamides is 1. The number of nitrogens with zero attached hydrogens (tertiary/aromatic N) is 2. The monoisotopic (exact) mass is 362 g/mol. The van der Waals surface area contributed by atoms with Crippen LogP contribution < -0.4 is 10.5 Å². The van der Waals surface area contributed by atoms with Crippen molar-refractivity contribution in [2.75, 3.05) is 6.54 Å². The van der Waals surface area contributed by atoms with Gasteiger partial charge in [0.2, 0.25) is 10.0 Å². The molecule has 0 fully saturated rings. The SMILES string of the molecule is CC(C)(C)c1ncc(C(=O)NCCc2ccc(S(N)(=O)=O)cc2)cn1. The van der Waals surface area contributed by atoms with E-state index in [2.05, 4.69) is 15.3 Å². The van der Waals surface area contributed by atoms with Crippen LogP contribution in [-0.2, 0) is 21.9 Å². The number of nitrogens with two attached hydrogens (primary N) is 1. The smallest absolute Gasteiger partial charge is 0.254 e. The predicted molar refractivity (Wildman–Crippen MR) is 94.6 cm³/mol. The maximum Gasteiger partial charge on any atom is 0.254 e. The molecule has 25 heavy (non-hydrogen) atoms. The Morgan fingerprint density at radius 2 is 1.68 bits per heavy atom. The molecule has 0 saturated carbocycles. The van der Waals surface area contributed by atoms with Crippen molar-refractivity contribution in [1.82, 2.24) is 15.3 Å². The Kier molecular flexibility index (Phi) is 5.54. The second kappa shape index (κ2) is 7.28. The fraction of sp³-hybridized carbons (Fsp3) is 0.353. The molecule has 2 aromatic rings. The Morgan fingerprint density at radius 1 is 1.12 bits per heavy atom. The molecule has 134 valence electrons. The summed E-state index contributed by atoms with van der Waals surface area (Å²) in [7, 11) is -3.69.